The second kappa shape index (κ2) is 13.4. The topological polar surface area (TPSA) is 0 Å². The van der Waals surface area contributed by atoms with Crippen LogP contribution in [0.5, 0.6) is 0 Å². The SMILES string of the molecule is CCC(C)CCCC(CC)CCCC(C)CCC(C)C(C)C. The van der Waals surface area contributed by atoms with E-state index in [-0.39, 0.29) is 0 Å². The third-order valence-corrected chi connectivity index (χ3v) is 6.15. The van der Waals surface area contributed by atoms with Gasteiger partial charge < -0.3 is 0 Å². The minimum Gasteiger partial charge on any atom is -0.0651 e. The Morgan fingerprint density at radius 2 is 1.09 bits per heavy atom. The van der Waals surface area contributed by atoms with Crippen LogP contribution >= 0.6 is 0 Å². The van der Waals surface area contributed by atoms with Gasteiger partial charge in [-0.25, -0.2) is 0 Å². The summed E-state index contributed by atoms with van der Waals surface area (Å²) in [5.41, 5.74) is 0. The van der Waals surface area contributed by atoms with Crippen molar-refractivity contribution in [1.29, 1.82) is 0 Å². The summed E-state index contributed by atoms with van der Waals surface area (Å²) in [7, 11) is 0. The van der Waals surface area contributed by atoms with E-state index in [1.807, 2.05) is 0 Å². The lowest BCUT2D eigenvalue weighted by Gasteiger charge is -2.20. The van der Waals surface area contributed by atoms with Crippen molar-refractivity contribution in [3.8, 4) is 0 Å². The zero-order valence-electron chi connectivity index (χ0n) is 17.0. The Hall–Kier alpha value is 0. The van der Waals surface area contributed by atoms with E-state index in [0.717, 1.165) is 29.6 Å². The van der Waals surface area contributed by atoms with Gasteiger partial charge in [-0.2, -0.15) is 0 Å². The van der Waals surface area contributed by atoms with Gasteiger partial charge in [-0.1, -0.05) is 113 Å². The summed E-state index contributed by atoms with van der Waals surface area (Å²) in [4.78, 5) is 0. The van der Waals surface area contributed by atoms with Crippen molar-refractivity contribution < 1.29 is 0 Å². The lowest BCUT2D eigenvalue weighted by Crippen LogP contribution is -2.07. The predicted molar refractivity (Wildman–Crippen MR) is 103 cm³/mol. The summed E-state index contributed by atoms with van der Waals surface area (Å²) in [6.45, 7) is 16.7. The van der Waals surface area contributed by atoms with Gasteiger partial charge >= 0.3 is 0 Å². The van der Waals surface area contributed by atoms with Crippen LogP contribution in [-0.2, 0) is 0 Å². The van der Waals surface area contributed by atoms with Crippen LogP contribution in [-0.4, -0.2) is 0 Å². The molecule has 0 saturated heterocycles. The van der Waals surface area contributed by atoms with E-state index in [9.17, 15) is 0 Å². The molecule has 4 atom stereocenters. The van der Waals surface area contributed by atoms with E-state index in [4.69, 9.17) is 0 Å². The zero-order valence-corrected chi connectivity index (χ0v) is 17.0. The highest BCUT2D eigenvalue weighted by Gasteiger charge is 2.11. The quantitative estimate of drug-likeness (QED) is 0.304. The molecule has 0 aromatic carbocycles. The molecule has 0 radical (unpaired) electrons. The van der Waals surface area contributed by atoms with E-state index in [0.29, 0.717) is 0 Å². The molecule has 22 heavy (non-hydrogen) atoms. The van der Waals surface area contributed by atoms with Gasteiger partial charge in [0.05, 0.1) is 0 Å². The molecule has 0 rings (SSSR count). The second-order valence-corrected chi connectivity index (χ2v) is 8.55. The first-order chi connectivity index (χ1) is 10.4. The molecule has 0 heteroatoms. The summed E-state index contributed by atoms with van der Waals surface area (Å²) in [6.07, 6.45) is 14.3. The Balaban J connectivity index is 3.72. The molecule has 0 spiro atoms. The van der Waals surface area contributed by atoms with Crippen LogP contribution < -0.4 is 0 Å². The van der Waals surface area contributed by atoms with Crippen molar-refractivity contribution in [1.82, 2.24) is 0 Å². The van der Waals surface area contributed by atoms with Gasteiger partial charge in [0.15, 0.2) is 0 Å². The van der Waals surface area contributed by atoms with E-state index in [1.54, 1.807) is 0 Å². The normalized spacial score (nSPS) is 17.5. The highest BCUT2D eigenvalue weighted by Crippen LogP contribution is 2.25. The van der Waals surface area contributed by atoms with Gasteiger partial charge in [-0.05, 0) is 29.6 Å². The van der Waals surface area contributed by atoms with Crippen molar-refractivity contribution in [2.45, 2.75) is 113 Å². The standard InChI is InChI=1S/C22H46/c1-8-19(5)12-10-14-22(9-2)15-11-13-20(6)16-17-21(7)18(3)4/h18-22H,8-17H2,1-7H3. The van der Waals surface area contributed by atoms with E-state index < -0.39 is 0 Å². The van der Waals surface area contributed by atoms with Gasteiger partial charge in [0, 0.05) is 0 Å². The number of hydrogen-bond donors (Lipinski definition) is 0. The van der Waals surface area contributed by atoms with Crippen molar-refractivity contribution in [2.75, 3.05) is 0 Å². The molecular formula is C22H46. The molecule has 134 valence electrons. The van der Waals surface area contributed by atoms with Gasteiger partial charge in [0.2, 0.25) is 0 Å². The molecule has 0 bridgehead atoms. The molecule has 0 aromatic rings. The van der Waals surface area contributed by atoms with Gasteiger partial charge in [-0.15, -0.1) is 0 Å². The first-order valence-electron chi connectivity index (χ1n) is 10.4. The van der Waals surface area contributed by atoms with Crippen LogP contribution in [0.25, 0.3) is 0 Å². The Morgan fingerprint density at radius 3 is 1.55 bits per heavy atom. The molecule has 0 nitrogen and oxygen atoms in total. The summed E-state index contributed by atoms with van der Waals surface area (Å²) in [5.74, 6) is 4.60. The first kappa shape index (κ1) is 22.0. The maximum absolute atomic E-state index is 2.47. The van der Waals surface area contributed by atoms with E-state index in [2.05, 4.69) is 48.5 Å². The number of rotatable bonds is 14. The molecule has 4 unspecified atom stereocenters. The predicted octanol–water partition coefficient (Wildman–Crippen LogP) is 8.11. The fraction of sp³-hybridized carbons (Fsp3) is 1.00. The second-order valence-electron chi connectivity index (χ2n) is 8.55. The molecule has 0 amide bonds. The molecular weight excluding hydrogens is 264 g/mol. The summed E-state index contributed by atoms with van der Waals surface area (Å²) < 4.78 is 0. The van der Waals surface area contributed by atoms with Crippen molar-refractivity contribution >= 4 is 0 Å². The van der Waals surface area contributed by atoms with Crippen LogP contribution in [0.15, 0.2) is 0 Å². The largest absolute Gasteiger partial charge is 0.0651 e. The van der Waals surface area contributed by atoms with E-state index >= 15 is 0 Å². The van der Waals surface area contributed by atoms with Crippen LogP contribution in [0.2, 0.25) is 0 Å². The van der Waals surface area contributed by atoms with Crippen LogP contribution in [0.4, 0.5) is 0 Å². The molecule has 0 N–H and O–H groups in total. The Labute approximate surface area is 142 Å². The highest BCUT2D eigenvalue weighted by molar-refractivity contribution is 4.64. The van der Waals surface area contributed by atoms with Crippen LogP contribution in [0.3, 0.4) is 0 Å². The smallest absolute Gasteiger partial charge is 0.0417 e. The average molecular weight is 311 g/mol. The van der Waals surface area contributed by atoms with Crippen molar-refractivity contribution in [2.24, 2.45) is 29.6 Å². The molecule has 0 aliphatic carbocycles. The zero-order chi connectivity index (χ0) is 17.0. The minimum atomic E-state index is 0.849. The Kier molecular flexibility index (Phi) is 13.4. The molecule has 0 aliphatic heterocycles. The molecule has 0 aromatic heterocycles. The Morgan fingerprint density at radius 1 is 0.545 bits per heavy atom. The maximum atomic E-state index is 2.47. The Bertz CT molecular complexity index is 230. The summed E-state index contributed by atoms with van der Waals surface area (Å²) in [5, 5.41) is 0. The average Bonchev–Trinajstić information content (AvgIpc) is 2.50. The number of hydrogen-bond acceptors (Lipinski definition) is 0. The molecule has 0 aliphatic rings. The molecule has 0 fully saturated rings. The third kappa shape index (κ3) is 11.6. The lowest BCUT2D eigenvalue weighted by molar-refractivity contribution is 0.325. The minimum absolute atomic E-state index is 0.849. The molecule has 0 heterocycles. The maximum Gasteiger partial charge on any atom is -0.0417 e. The fourth-order valence-corrected chi connectivity index (χ4v) is 3.29. The molecule has 0 saturated carbocycles. The van der Waals surface area contributed by atoms with Crippen LogP contribution in [0, 0.1) is 29.6 Å². The van der Waals surface area contributed by atoms with Crippen molar-refractivity contribution in [3.05, 3.63) is 0 Å². The van der Waals surface area contributed by atoms with Gasteiger partial charge in [-0.3, -0.25) is 0 Å². The van der Waals surface area contributed by atoms with Gasteiger partial charge in [0.25, 0.3) is 0 Å². The van der Waals surface area contributed by atoms with Crippen LogP contribution in [0.1, 0.15) is 113 Å². The van der Waals surface area contributed by atoms with Gasteiger partial charge in [0.1, 0.15) is 0 Å². The summed E-state index contributed by atoms with van der Waals surface area (Å²) in [6, 6.07) is 0. The monoisotopic (exact) mass is 310 g/mol. The highest BCUT2D eigenvalue weighted by atomic mass is 14.2. The first-order valence-corrected chi connectivity index (χ1v) is 10.4. The fourth-order valence-electron chi connectivity index (χ4n) is 3.29. The third-order valence-electron chi connectivity index (χ3n) is 6.15. The lowest BCUT2D eigenvalue weighted by atomic mass is 9.86. The van der Waals surface area contributed by atoms with E-state index in [1.165, 1.54) is 64.2 Å². The summed E-state index contributed by atoms with van der Waals surface area (Å²) >= 11 is 0. The van der Waals surface area contributed by atoms with Crippen molar-refractivity contribution in [3.63, 3.8) is 0 Å².